The number of rotatable bonds is 3. The molecule has 0 radical (unpaired) electrons. The monoisotopic (exact) mass is 478 g/mol. The summed E-state index contributed by atoms with van der Waals surface area (Å²) in [7, 11) is 0. The third kappa shape index (κ3) is 7.58. The van der Waals surface area contributed by atoms with E-state index in [1.54, 1.807) is 0 Å². The van der Waals surface area contributed by atoms with E-state index < -0.39 is 35.9 Å². The van der Waals surface area contributed by atoms with E-state index in [0.29, 0.717) is 18.4 Å². The third-order valence-corrected chi connectivity index (χ3v) is 6.10. The molecule has 5 nitrogen and oxygen atoms in total. The molecule has 1 aromatic carbocycles. The highest BCUT2D eigenvalue weighted by atomic mass is 19.4. The second-order valence-corrected chi connectivity index (χ2v) is 8.77. The number of carbonyl (C=O) groups is 2. The number of aliphatic hydroxyl groups excluding tert-OH is 1. The van der Waals surface area contributed by atoms with Crippen LogP contribution in [0.1, 0.15) is 50.2 Å². The van der Waals surface area contributed by atoms with Gasteiger partial charge in [0.25, 0.3) is 0 Å². The van der Waals surface area contributed by atoms with Crippen LogP contribution in [0.5, 0.6) is 0 Å². The van der Waals surface area contributed by atoms with Gasteiger partial charge in [0.1, 0.15) is 6.10 Å². The summed E-state index contributed by atoms with van der Waals surface area (Å²) in [6, 6.07) is 4.46. The summed E-state index contributed by atoms with van der Waals surface area (Å²) in [5, 5.41) is 10.6. The molecule has 0 saturated heterocycles. The van der Waals surface area contributed by atoms with Crippen molar-refractivity contribution in [2.45, 2.75) is 63.5 Å². The number of ether oxygens (including phenoxy) is 2. The Morgan fingerprint density at radius 3 is 2.62 bits per heavy atom. The Bertz CT molecular complexity index is 933. The van der Waals surface area contributed by atoms with Gasteiger partial charge >= 0.3 is 18.1 Å². The molecule has 1 N–H and O–H groups in total. The van der Waals surface area contributed by atoms with Gasteiger partial charge in [-0.2, -0.15) is 13.2 Å². The normalized spacial score (nSPS) is 30.4. The molecule has 0 bridgehead atoms. The highest BCUT2D eigenvalue weighted by Gasteiger charge is 2.38. The molecule has 1 aromatic rings. The van der Waals surface area contributed by atoms with Gasteiger partial charge in [-0.25, -0.2) is 9.59 Å². The first-order chi connectivity index (χ1) is 16.1. The number of halogens is 3. The maximum Gasteiger partial charge on any atom is 0.416 e. The predicted molar refractivity (Wildman–Crippen MR) is 120 cm³/mol. The van der Waals surface area contributed by atoms with E-state index in [0.717, 1.165) is 31.4 Å². The Labute approximate surface area is 196 Å². The van der Waals surface area contributed by atoms with Crippen molar-refractivity contribution in [3.8, 4) is 0 Å². The zero-order chi connectivity index (χ0) is 24.7. The molecule has 1 heterocycles. The van der Waals surface area contributed by atoms with E-state index in [1.807, 2.05) is 13.0 Å². The second kappa shape index (κ2) is 11.5. The van der Waals surface area contributed by atoms with Crippen molar-refractivity contribution in [2.75, 3.05) is 0 Å². The fourth-order valence-corrected chi connectivity index (χ4v) is 4.32. The Hall–Kier alpha value is -2.87. The van der Waals surface area contributed by atoms with Crippen LogP contribution in [-0.2, 0) is 25.2 Å². The largest absolute Gasteiger partial charge is 0.460 e. The number of alkyl halides is 3. The minimum absolute atomic E-state index is 0.0226. The average Bonchev–Trinajstić information content (AvgIpc) is 3.17. The zero-order valence-electron chi connectivity index (χ0n) is 18.9. The van der Waals surface area contributed by atoms with E-state index in [2.05, 4.69) is 6.08 Å². The van der Waals surface area contributed by atoms with E-state index in [9.17, 15) is 27.9 Å². The molecule has 34 heavy (non-hydrogen) atoms. The minimum atomic E-state index is -4.42. The number of aliphatic hydroxyl groups is 1. The predicted octanol–water partition coefficient (Wildman–Crippen LogP) is 5.25. The van der Waals surface area contributed by atoms with Crippen molar-refractivity contribution in [3.05, 3.63) is 65.8 Å². The molecule has 1 aliphatic carbocycles. The van der Waals surface area contributed by atoms with Crippen LogP contribution in [0.25, 0.3) is 6.08 Å². The van der Waals surface area contributed by atoms with Gasteiger partial charge in [-0.15, -0.1) is 0 Å². The molecular formula is C26H29F3O5. The lowest BCUT2D eigenvalue weighted by Gasteiger charge is -2.19. The molecule has 3 rings (SSSR count). The maximum atomic E-state index is 12.7. The van der Waals surface area contributed by atoms with Crippen LogP contribution in [-0.4, -0.2) is 35.4 Å². The van der Waals surface area contributed by atoms with Gasteiger partial charge in [0, 0.05) is 12.2 Å². The van der Waals surface area contributed by atoms with Gasteiger partial charge in [-0.3, -0.25) is 0 Å². The quantitative estimate of drug-likeness (QED) is 0.365. The fraction of sp³-hybridized carbons (Fsp3) is 0.462. The van der Waals surface area contributed by atoms with Crippen molar-refractivity contribution >= 4 is 18.0 Å². The SMILES string of the molecule is C[C@H]1CCC/C=C/[C@@H]2C[C@H](OC(=O)/C=C/c3ccc(C(F)(F)F)cc3)C[C@H]2[C@H](O)/C=C/C(=O)O1. The van der Waals surface area contributed by atoms with Crippen molar-refractivity contribution in [1.29, 1.82) is 0 Å². The maximum absolute atomic E-state index is 12.7. The van der Waals surface area contributed by atoms with E-state index in [-0.39, 0.29) is 17.9 Å². The summed E-state index contributed by atoms with van der Waals surface area (Å²) in [5.74, 6) is -1.35. The van der Waals surface area contributed by atoms with Gasteiger partial charge in [0.2, 0.25) is 0 Å². The summed E-state index contributed by atoms with van der Waals surface area (Å²) >= 11 is 0. The summed E-state index contributed by atoms with van der Waals surface area (Å²) in [4.78, 5) is 24.2. The number of esters is 2. The van der Waals surface area contributed by atoms with E-state index in [4.69, 9.17) is 9.47 Å². The number of cyclic esters (lactones) is 1. The van der Waals surface area contributed by atoms with Crippen LogP contribution < -0.4 is 0 Å². The van der Waals surface area contributed by atoms with Gasteiger partial charge < -0.3 is 14.6 Å². The fourth-order valence-electron chi connectivity index (χ4n) is 4.32. The zero-order valence-corrected chi connectivity index (χ0v) is 18.9. The van der Waals surface area contributed by atoms with Crippen LogP contribution in [0, 0.1) is 11.8 Å². The Balaban J connectivity index is 1.61. The molecule has 1 saturated carbocycles. The number of hydrogen-bond acceptors (Lipinski definition) is 5. The van der Waals surface area contributed by atoms with E-state index >= 15 is 0 Å². The molecule has 1 aliphatic heterocycles. The molecule has 0 spiro atoms. The number of benzene rings is 1. The lowest BCUT2D eigenvalue weighted by atomic mass is 9.90. The van der Waals surface area contributed by atoms with Gasteiger partial charge in [0.15, 0.2) is 0 Å². The Kier molecular flexibility index (Phi) is 8.72. The minimum Gasteiger partial charge on any atom is -0.460 e. The summed E-state index contributed by atoms with van der Waals surface area (Å²) in [6.07, 6.45) is 6.78. The summed E-state index contributed by atoms with van der Waals surface area (Å²) < 4.78 is 48.8. The summed E-state index contributed by atoms with van der Waals surface area (Å²) in [6.45, 7) is 1.84. The number of allylic oxidation sites excluding steroid dienone is 2. The Morgan fingerprint density at radius 1 is 1.18 bits per heavy atom. The van der Waals surface area contributed by atoms with Crippen LogP contribution in [0.4, 0.5) is 13.2 Å². The molecule has 5 atom stereocenters. The third-order valence-electron chi connectivity index (χ3n) is 6.10. The molecule has 8 heteroatoms. The van der Waals surface area contributed by atoms with Gasteiger partial charge in [-0.1, -0.05) is 24.3 Å². The molecule has 0 amide bonds. The van der Waals surface area contributed by atoms with Crippen LogP contribution in [0.15, 0.2) is 54.6 Å². The molecule has 1 fully saturated rings. The van der Waals surface area contributed by atoms with Crippen LogP contribution >= 0.6 is 0 Å². The van der Waals surface area contributed by atoms with Crippen molar-refractivity contribution < 1.29 is 37.3 Å². The van der Waals surface area contributed by atoms with E-state index in [1.165, 1.54) is 36.4 Å². The highest BCUT2D eigenvalue weighted by molar-refractivity contribution is 5.87. The van der Waals surface area contributed by atoms with Crippen molar-refractivity contribution in [2.24, 2.45) is 11.8 Å². The second-order valence-electron chi connectivity index (χ2n) is 8.77. The lowest BCUT2D eigenvalue weighted by molar-refractivity contribution is -0.143. The van der Waals surface area contributed by atoms with Crippen molar-refractivity contribution in [1.82, 2.24) is 0 Å². The van der Waals surface area contributed by atoms with Gasteiger partial charge in [-0.05, 0) is 80.7 Å². The number of fused-ring (bicyclic) bond motifs is 1. The molecule has 0 aromatic heterocycles. The highest BCUT2D eigenvalue weighted by Crippen LogP contribution is 2.38. The van der Waals surface area contributed by atoms with Crippen molar-refractivity contribution in [3.63, 3.8) is 0 Å². The summed E-state index contributed by atoms with van der Waals surface area (Å²) in [5.41, 5.74) is -0.317. The molecule has 184 valence electrons. The van der Waals surface area contributed by atoms with Crippen LogP contribution in [0.2, 0.25) is 0 Å². The lowest BCUT2D eigenvalue weighted by Crippen LogP contribution is -2.22. The van der Waals surface area contributed by atoms with Crippen LogP contribution in [0.3, 0.4) is 0 Å². The van der Waals surface area contributed by atoms with Gasteiger partial charge in [0.05, 0.1) is 17.8 Å². The standard InChI is InChI=1S/C26H29F3O5/c1-17-5-3-2-4-6-19-15-21(16-22(19)23(30)12-14-24(31)33-17)34-25(32)13-9-18-7-10-20(11-8-18)26(27,28)29/h4,6-14,17,19,21-23,30H,2-3,5,15-16H2,1H3/b6-4+,13-9+,14-12+/t17-,19+,21-,22+,23+/m0/s1. The number of carbonyl (C=O) groups excluding carboxylic acids is 2. The molecular weight excluding hydrogens is 449 g/mol. The smallest absolute Gasteiger partial charge is 0.416 e. The Morgan fingerprint density at radius 2 is 1.91 bits per heavy atom. The topological polar surface area (TPSA) is 72.8 Å². The molecule has 2 aliphatic rings. The first-order valence-electron chi connectivity index (χ1n) is 11.4. The molecule has 0 unspecified atom stereocenters. The first-order valence-corrected chi connectivity index (χ1v) is 11.4. The first kappa shape index (κ1) is 25.7. The average molecular weight is 479 g/mol. The number of hydrogen-bond donors (Lipinski definition) is 1.